The molecule has 1 aromatic rings. The first kappa shape index (κ1) is 12.3. The Balaban J connectivity index is 2.82. The van der Waals surface area contributed by atoms with E-state index in [1.54, 1.807) is 0 Å². The number of aliphatic hydroxyl groups is 1. The van der Waals surface area contributed by atoms with Gasteiger partial charge in [0.1, 0.15) is 0 Å². The maximum atomic E-state index is 9.00. The van der Waals surface area contributed by atoms with E-state index in [0.717, 1.165) is 17.8 Å². The molecule has 0 saturated heterocycles. The van der Waals surface area contributed by atoms with Crippen molar-refractivity contribution in [3.63, 3.8) is 0 Å². The second kappa shape index (κ2) is 5.38. The van der Waals surface area contributed by atoms with Crippen molar-refractivity contribution < 1.29 is 5.11 Å². The molecule has 2 nitrogen and oxygen atoms in total. The van der Waals surface area contributed by atoms with Gasteiger partial charge in [-0.15, -0.1) is 0 Å². The number of nitrogens with zero attached hydrogens (tertiary/aromatic N) is 1. The zero-order valence-corrected chi connectivity index (χ0v) is 10.3. The van der Waals surface area contributed by atoms with Gasteiger partial charge in [-0.25, -0.2) is 0 Å². The van der Waals surface area contributed by atoms with Crippen molar-refractivity contribution in [2.24, 2.45) is 5.92 Å². The quantitative estimate of drug-likeness (QED) is 0.855. The minimum Gasteiger partial charge on any atom is -0.392 e. The summed E-state index contributed by atoms with van der Waals surface area (Å²) in [5, 5.41) is 9.63. The van der Waals surface area contributed by atoms with Crippen molar-refractivity contribution in [1.29, 1.82) is 0 Å². The molecule has 0 bridgehead atoms. The van der Waals surface area contributed by atoms with Crippen molar-refractivity contribution in [2.75, 3.05) is 18.5 Å². The van der Waals surface area contributed by atoms with Gasteiger partial charge in [0.05, 0.1) is 6.61 Å². The molecule has 15 heavy (non-hydrogen) atoms. The van der Waals surface area contributed by atoms with E-state index in [4.69, 9.17) is 16.7 Å². The highest BCUT2D eigenvalue weighted by atomic mass is 35.5. The van der Waals surface area contributed by atoms with E-state index < -0.39 is 0 Å². The van der Waals surface area contributed by atoms with Crippen LogP contribution in [0.15, 0.2) is 18.2 Å². The second-order valence-corrected chi connectivity index (χ2v) is 4.62. The molecule has 0 aliphatic rings. The molecule has 0 aromatic heterocycles. The van der Waals surface area contributed by atoms with Crippen LogP contribution in [0.4, 0.5) is 5.69 Å². The number of rotatable bonds is 4. The maximum Gasteiger partial charge on any atom is 0.0696 e. The zero-order chi connectivity index (χ0) is 11.4. The van der Waals surface area contributed by atoms with Gasteiger partial charge in [0, 0.05) is 24.3 Å². The smallest absolute Gasteiger partial charge is 0.0696 e. The summed E-state index contributed by atoms with van der Waals surface area (Å²) in [7, 11) is 2.05. The Morgan fingerprint density at radius 1 is 1.40 bits per heavy atom. The number of hydrogen-bond donors (Lipinski definition) is 1. The van der Waals surface area contributed by atoms with Crippen LogP contribution in [0.2, 0.25) is 5.02 Å². The fourth-order valence-corrected chi connectivity index (χ4v) is 1.79. The Morgan fingerprint density at radius 3 is 2.53 bits per heavy atom. The van der Waals surface area contributed by atoms with Gasteiger partial charge < -0.3 is 10.0 Å². The lowest BCUT2D eigenvalue weighted by molar-refractivity contribution is 0.282. The molecule has 0 aliphatic heterocycles. The van der Waals surface area contributed by atoms with Gasteiger partial charge >= 0.3 is 0 Å². The topological polar surface area (TPSA) is 23.5 Å². The molecule has 0 radical (unpaired) electrons. The molecule has 0 fully saturated rings. The third-order valence-corrected chi connectivity index (χ3v) is 2.64. The summed E-state index contributed by atoms with van der Waals surface area (Å²) in [6.07, 6.45) is 0. The molecule has 1 aromatic carbocycles. The minimum atomic E-state index is -0.00694. The largest absolute Gasteiger partial charge is 0.392 e. The van der Waals surface area contributed by atoms with Gasteiger partial charge in [0.25, 0.3) is 0 Å². The number of halogens is 1. The average molecular weight is 228 g/mol. The number of benzene rings is 1. The highest BCUT2D eigenvalue weighted by Crippen LogP contribution is 2.23. The zero-order valence-electron chi connectivity index (χ0n) is 9.50. The molecule has 0 aliphatic carbocycles. The van der Waals surface area contributed by atoms with E-state index in [9.17, 15) is 0 Å². The van der Waals surface area contributed by atoms with Crippen LogP contribution in [0.1, 0.15) is 19.4 Å². The van der Waals surface area contributed by atoms with Gasteiger partial charge in [0.15, 0.2) is 0 Å². The fourth-order valence-electron chi connectivity index (χ4n) is 1.56. The van der Waals surface area contributed by atoms with Gasteiger partial charge in [0.2, 0.25) is 0 Å². The molecule has 0 unspecified atom stereocenters. The van der Waals surface area contributed by atoms with E-state index >= 15 is 0 Å². The van der Waals surface area contributed by atoms with Crippen LogP contribution < -0.4 is 4.90 Å². The van der Waals surface area contributed by atoms with E-state index in [0.29, 0.717) is 10.9 Å². The first-order chi connectivity index (χ1) is 7.04. The summed E-state index contributed by atoms with van der Waals surface area (Å²) in [5.41, 5.74) is 1.87. The van der Waals surface area contributed by atoms with Crippen LogP contribution in [0.25, 0.3) is 0 Å². The lowest BCUT2D eigenvalue weighted by Crippen LogP contribution is -2.22. The molecule has 3 heteroatoms. The molecule has 0 heterocycles. The Morgan fingerprint density at radius 2 is 2.07 bits per heavy atom. The molecule has 0 atom stereocenters. The Labute approximate surface area is 96.5 Å². The van der Waals surface area contributed by atoms with Crippen LogP contribution in [-0.4, -0.2) is 18.7 Å². The van der Waals surface area contributed by atoms with Crippen LogP contribution in [0.3, 0.4) is 0 Å². The first-order valence-corrected chi connectivity index (χ1v) is 5.52. The molecular formula is C12H18ClNO. The van der Waals surface area contributed by atoms with Gasteiger partial charge in [-0.2, -0.15) is 0 Å². The summed E-state index contributed by atoms with van der Waals surface area (Å²) in [6, 6.07) is 5.75. The number of aliphatic hydroxyl groups excluding tert-OH is 1. The van der Waals surface area contributed by atoms with Gasteiger partial charge in [-0.1, -0.05) is 31.5 Å². The molecule has 1 N–H and O–H groups in total. The van der Waals surface area contributed by atoms with Gasteiger partial charge in [-0.05, 0) is 23.6 Å². The summed E-state index contributed by atoms with van der Waals surface area (Å²) < 4.78 is 0. The Bertz CT molecular complexity index is 325. The third kappa shape index (κ3) is 3.40. The van der Waals surface area contributed by atoms with Crippen LogP contribution in [0, 0.1) is 5.92 Å². The monoisotopic (exact) mass is 227 g/mol. The van der Waals surface area contributed by atoms with Crippen LogP contribution in [-0.2, 0) is 6.61 Å². The third-order valence-electron chi connectivity index (χ3n) is 2.29. The maximum absolute atomic E-state index is 9.00. The molecule has 0 saturated carbocycles. The molecule has 0 amide bonds. The summed E-state index contributed by atoms with van der Waals surface area (Å²) in [5.74, 6) is 0.617. The molecule has 0 spiro atoms. The predicted molar refractivity (Wildman–Crippen MR) is 65.5 cm³/mol. The van der Waals surface area contributed by atoms with Crippen LogP contribution >= 0.6 is 11.6 Å². The van der Waals surface area contributed by atoms with E-state index in [2.05, 4.69) is 18.7 Å². The minimum absolute atomic E-state index is 0.00694. The predicted octanol–water partition coefficient (Wildman–Crippen LogP) is 2.92. The summed E-state index contributed by atoms with van der Waals surface area (Å²) >= 11 is 6.02. The highest BCUT2D eigenvalue weighted by molar-refractivity contribution is 6.31. The number of anilines is 1. The second-order valence-electron chi connectivity index (χ2n) is 4.21. The average Bonchev–Trinajstić information content (AvgIpc) is 2.16. The Kier molecular flexibility index (Phi) is 4.43. The van der Waals surface area contributed by atoms with E-state index in [1.807, 2.05) is 25.2 Å². The van der Waals surface area contributed by atoms with E-state index in [1.165, 1.54) is 0 Å². The lowest BCUT2D eigenvalue weighted by Gasteiger charge is -2.22. The van der Waals surface area contributed by atoms with E-state index in [-0.39, 0.29) is 6.61 Å². The first-order valence-electron chi connectivity index (χ1n) is 5.15. The van der Waals surface area contributed by atoms with Crippen molar-refractivity contribution >= 4 is 17.3 Å². The molecule has 1 rings (SSSR count). The van der Waals surface area contributed by atoms with Gasteiger partial charge in [-0.3, -0.25) is 0 Å². The summed E-state index contributed by atoms with van der Waals surface area (Å²) in [4.78, 5) is 2.16. The van der Waals surface area contributed by atoms with Crippen molar-refractivity contribution in [2.45, 2.75) is 20.5 Å². The normalized spacial score (nSPS) is 10.8. The fraction of sp³-hybridized carbons (Fsp3) is 0.500. The van der Waals surface area contributed by atoms with Crippen molar-refractivity contribution in [3.8, 4) is 0 Å². The highest BCUT2D eigenvalue weighted by Gasteiger charge is 2.06. The number of hydrogen-bond acceptors (Lipinski definition) is 2. The van der Waals surface area contributed by atoms with Crippen molar-refractivity contribution in [1.82, 2.24) is 0 Å². The van der Waals surface area contributed by atoms with Crippen molar-refractivity contribution in [3.05, 3.63) is 28.8 Å². The molecular weight excluding hydrogens is 210 g/mol. The van der Waals surface area contributed by atoms with Crippen LogP contribution in [0.5, 0.6) is 0 Å². The SMILES string of the molecule is CC(C)CN(C)c1ccc(CO)c(Cl)c1. The summed E-state index contributed by atoms with van der Waals surface area (Å²) in [6.45, 7) is 5.35. The molecule has 84 valence electrons. The lowest BCUT2D eigenvalue weighted by atomic mass is 10.1. The standard InChI is InChI=1S/C12H18ClNO/c1-9(2)7-14(3)11-5-4-10(8-15)12(13)6-11/h4-6,9,15H,7-8H2,1-3H3. The Hall–Kier alpha value is -0.730.